The highest BCUT2D eigenvalue weighted by atomic mass is 16.3. The van der Waals surface area contributed by atoms with Gasteiger partial charge in [0.15, 0.2) is 11.5 Å². The van der Waals surface area contributed by atoms with E-state index in [4.69, 9.17) is 4.42 Å². The Morgan fingerprint density at radius 2 is 2.14 bits per heavy atom. The molecule has 5 nitrogen and oxygen atoms in total. The van der Waals surface area contributed by atoms with Crippen LogP contribution in [0.3, 0.4) is 0 Å². The number of hydrogen-bond donors (Lipinski definition) is 2. The molecule has 0 radical (unpaired) electrons. The zero-order chi connectivity index (χ0) is 15.4. The molecule has 0 bridgehead atoms. The zero-order valence-corrected chi connectivity index (χ0v) is 13.0. The molecule has 2 amide bonds. The summed E-state index contributed by atoms with van der Waals surface area (Å²) in [5.74, 6) is 0.678. The van der Waals surface area contributed by atoms with E-state index < -0.39 is 0 Å². The zero-order valence-electron chi connectivity index (χ0n) is 13.0. The largest absolute Gasteiger partial charge is 0.441 e. The molecule has 1 heterocycles. The summed E-state index contributed by atoms with van der Waals surface area (Å²) in [5, 5.41) is 5.99. The molecular formula is C17H23N3O2. The molecular weight excluding hydrogens is 278 g/mol. The van der Waals surface area contributed by atoms with Gasteiger partial charge in [-0.1, -0.05) is 25.3 Å². The monoisotopic (exact) mass is 301 g/mol. The number of rotatable bonds is 4. The highest BCUT2D eigenvalue weighted by Gasteiger charge is 2.15. The molecule has 0 unspecified atom stereocenters. The first-order valence-electron chi connectivity index (χ1n) is 8.11. The summed E-state index contributed by atoms with van der Waals surface area (Å²) in [6.45, 7) is 2.47. The van der Waals surface area contributed by atoms with E-state index in [2.05, 4.69) is 15.6 Å². The third kappa shape index (κ3) is 3.78. The predicted octanol–water partition coefficient (Wildman–Crippen LogP) is 3.31. The highest BCUT2D eigenvalue weighted by Crippen LogP contribution is 2.18. The van der Waals surface area contributed by atoms with Crippen molar-refractivity contribution in [2.75, 3.05) is 6.54 Å². The molecule has 1 aliphatic carbocycles. The average molecular weight is 301 g/mol. The van der Waals surface area contributed by atoms with Gasteiger partial charge in [0, 0.05) is 19.5 Å². The SMILES string of the molecule is Cc1nc2ccc(CCNC(=O)NC3CCCCC3)cc2o1. The Kier molecular flexibility index (Phi) is 4.61. The molecule has 22 heavy (non-hydrogen) atoms. The van der Waals surface area contributed by atoms with Crippen LogP contribution in [0.25, 0.3) is 11.1 Å². The molecule has 2 N–H and O–H groups in total. The second-order valence-corrected chi connectivity index (χ2v) is 6.02. The van der Waals surface area contributed by atoms with E-state index in [1.807, 2.05) is 25.1 Å². The smallest absolute Gasteiger partial charge is 0.315 e. The topological polar surface area (TPSA) is 67.2 Å². The number of benzene rings is 1. The fraction of sp³-hybridized carbons (Fsp3) is 0.529. The van der Waals surface area contributed by atoms with Gasteiger partial charge in [-0.2, -0.15) is 0 Å². The minimum Gasteiger partial charge on any atom is -0.441 e. The van der Waals surface area contributed by atoms with Gasteiger partial charge in [-0.05, 0) is 37.0 Å². The molecule has 3 rings (SSSR count). The number of aromatic nitrogens is 1. The van der Waals surface area contributed by atoms with Gasteiger partial charge in [0.05, 0.1) is 0 Å². The van der Waals surface area contributed by atoms with E-state index in [0.29, 0.717) is 18.5 Å². The predicted molar refractivity (Wildman–Crippen MR) is 85.9 cm³/mol. The number of urea groups is 1. The van der Waals surface area contributed by atoms with Gasteiger partial charge in [-0.15, -0.1) is 0 Å². The number of nitrogens with one attached hydrogen (secondary N) is 2. The van der Waals surface area contributed by atoms with Crippen molar-refractivity contribution in [3.63, 3.8) is 0 Å². The Balaban J connectivity index is 1.45. The van der Waals surface area contributed by atoms with E-state index in [1.165, 1.54) is 19.3 Å². The number of oxazole rings is 1. The molecule has 0 spiro atoms. The fourth-order valence-electron chi connectivity index (χ4n) is 3.04. The van der Waals surface area contributed by atoms with E-state index >= 15 is 0 Å². The summed E-state index contributed by atoms with van der Waals surface area (Å²) in [5.41, 5.74) is 2.83. The summed E-state index contributed by atoms with van der Waals surface area (Å²) in [4.78, 5) is 16.1. The van der Waals surface area contributed by atoms with Crippen molar-refractivity contribution in [1.82, 2.24) is 15.6 Å². The molecule has 0 atom stereocenters. The number of nitrogens with zero attached hydrogens (tertiary/aromatic N) is 1. The quantitative estimate of drug-likeness (QED) is 0.910. The normalized spacial score (nSPS) is 15.9. The Bertz CT molecular complexity index is 644. The van der Waals surface area contributed by atoms with Gasteiger partial charge in [0.2, 0.25) is 0 Å². The van der Waals surface area contributed by atoms with Gasteiger partial charge in [-0.25, -0.2) is 9.78 Å². The minimum absolute atomic E-state index is 0.0523. The van der Waals surface area contributed by atoms with Crippen molar-refractivity contribution in [3.05, 3.63) is 29.7 Å². The van der Waals surface area contributed by atoms with Crippen molar-refractivity contribution in [1.29, 1.82) is 0 Å². The Hall–Kier alpha value is -2.04. The number of aryl methyl sites for hydroxylation is 1. The van der Waals surface area contributed by atoms with Crippen molar-refractivity contribution >= 4 is 17.1 Å². The van der Waals surface area contributed by atoms with Crippen LogP contribution in [0.5, 0.6) is 0 Å². The highest BCUT2D eigenvalue weighted by molar-refractivity contribution is 5.74. The summed E-state index contributed by atoms with van der Waals surface area (Å²) >= 11 is 0. The van der Waals surface area contributed by atoms with E-state index in [-0.39, 0.29) is 6.03 Å². The van der Waals surface area contributed by atoms with Gasteiger partial charge < -0.3 is 15.1 Å². The van der Waals surface area contributed by atoms with Gasteiger partial charge >= 0.3 is 6.03 Å². The van der Waals surface area contributed by atoms with E-state index in [9.17, 15) is 4.79 Å². The van der Waals surface area contributed by atoms with Crippen LogP contribution in [-0.2, 0) is 6.42 Å². The molecule has 0 aliphatic heterocycles. The lowest BCUT2D eigenvalue weighted by Gasteiger charge is -2.22. The van der Waals surface area contributed by atoms with Crippen molar-refractivity contribution in [2.24, 2.45) is 0 Å². The van der Waals surface area contributed by atoms with Gasteiger partial charge in [0.25, 0.3) is 0 Å². The Morgan fingerprint density at radius 3 is 2.95 bits per heavy atom. The summed E-state index contributed by atoms with van der Waals surface area (Å²) in [6.07, 6.45) is 6.74. The molecule has 5 heteroatoms. The van der Waals surface area contributed by atoms with E-state index in [1.54, 1.807) is 0 Å². The number of amides is 2. The molecule has 1 aromatic carbocycles. The fourth-order valence-corrected chi connectivity index (χ4v) is 3.04. The average Bonchev–Trinajstić information content (AvgIpc) is 2.87. The van der Waals surface area contributed by atoms with Gasteiger partial charge in [-0.3, -0.25) is 0 Å². The summed E-state index contributed by atoms with van der Waals surface area (Å²) in [7, 11) is 0. The standard InChI is InChI=1S/C17H23N3O2/c1-12-19-15-8-7-13(11-16(15)22-12)9-10-18-17(21)20-14-5-3-2-4-6-14/h7-8,11,14H,2-6,9-10H2,1H3,(H2,18,20,21). The maximum Gasteiger partial charge on any atom is 0.315 e. The molecule has 1 aliphatic rings. The minimum atomic E-state index is -0.0523. The molecule has 118 valence electrons. The lowest BCUT2D eigenvalue weighted by atomic mass is 9.96. The first-order chi connectivity index (χ1) is 10.7. The van der Waals surface area contributed by atoms with Gasteiger partial charge in [0.1, 0.15) is 5.52 Å². The molecule has 1 fully saturated rings. The lowest BCUT2D eigenvalue weighted by Crippen LogP contribution is -2.43. The molecule has 1 aromatic heterocycles. The summed E-state index contributed by atoms with van der Waals surface area (Å²) < 4.78 is 5.53. The van der Waals surface area contributed by atoms with Crippen LogP contribution < -0.4 is 10.6 Å². The maximum absolute atomic E-state index is 11.9. The van der Waals surface area contributed by atoms with Crippen molar-refractivity contribution in [2.45, 2.75) is 51.5 Å². The van der Waals surface area contributed by atoms with Crippen LogP contribution in [0.2, 0.25) is 0 Å². The van der Waals surface area contributed by atoms with E-state index in [0.717, 1.165) is 35.9 Å². The number of carbonyl (C=O) groups is 1. The van der Waals surface area contributed by atoms with Crippen LogP contribution in [0.15, 0.2) is 22.6 Å². The number of fused-ring (bicyclic) bond motifs is 1. The third-order valence-electron chi connectivity index (χ3n) is 4.20. The van der Waals surface area contributed by atoms with Crippen molar-refractivity contribution in [3.8, 4) is 0 Å². The Labute approximate surface area is 130 Å². The number of hydrogen-bond acceptors (Lipinski definition) is 3. The lowest BCUT2D eigenvalue weighted by molar-refractivity contribution is 0.233. The first-order valence-corrected chi connectivity index (χ1v) is 8.11. The van der Waals surface area contributed by atoms with Crippen LogP contribution in [0, 0.1) is 6.92 Å². The number of carbonyl (C=O) groups excluding carboxylic acids is 1. The first kappa shape index (κ1) is 14.9. The second-order valence-electron chi connectivity index (χ2n) is 6.02. The molecule has 1 saturated carbocycles. The van der Waals surface area contributed by atoms with Crippen LogP contribution in [0.4, 0.5) is 4.79 Å². The van der Waals surface area contributed by atoms with Crippen LogP contribution in [0.1, 0.15) is 43.6 Å². The third-order valence-corrected chi connectivity index (χ3v) is 4.20. The molecule has 0 saturated heterocycles. The Morgan fingerprint density at radius 1 is 1.32 bits per heavy atom. The maximum atomic E-state index is 11.9. The molecule has 2 aromatic rings. The van der Waals surface area contributed by atoms with Crippen LogP contribution in [-0.4, -0.2) is 23.6 Å². The summed E-state index contributed by atoms with van der Waals surface area (Å²) in [6, 6.07) is 6.29. The van der Waals surface area contributed by atoms with Crippen LogP contribution >= 0.6 is 0 Å². The second kappa shape index (κ2) is 6.81. The van der Waals surface area contributed by atoms with Crippen molar-refractivity contribution < 1.29 is 9.21 Å².